The fourth-order valence-corrected chi connectivity index (χ4v) is 2.81. The van der Waals surface area contributed by atoms with Crippen LogP contribution in [0.3, 0.4) is 0 Å². The van der Waals surface area contributed by atoms with Gasteiger partial charge in [-0.2, -0.15) is 0 Å². The van der Waals surface area contributed by atoms with Crippen LogP contribution in [0.2, 0.25) is 12.6 Å². The largest absolute Gasteiger partial charge is 0.462 e. The first-order valence-electron chi connectivity index (χ1n) is 5.77. The molecule has 0 aromatic carbocycles. The van der Waals surface area contributed by atoms with E-state index in [0.29, 0.717) is 18.1 Å². The average molecular weight is 260 g/mol. The molecule has 0 fully saturated rings. The molecule has 17 heavy (non-hydrogen) atoms. The molecule has 0 amide bonds. The van der Waals surface area contributed by atoms with Crippen LogP contribution in [0.25, 0.3) is 0 Å². The lowest BCUT2D eigenvalue weighted by Gasteiger charge is -2.24. The molecule has 0 rings (SSSR count). The zero-order chi connectivity index (χ0) is 13.5. The molecule has 0 heterocycles. The zero-order valence-corrected chi connectivity index (χ0v) is 12.5. The number of carbonyl (C=O) groups is 1. The van der Waals surface area contributed by atoms with Crippen LogP contribution >= 0.6 is 0 Å². The molecule has 100 valence electrons. The third-order valence-electron chi connectivity index (χ3n) is 2.80. The van der Waals surface area contributed by atoms with Crippen molar-refractivity contribution in [1.29, 1.82) is 0 Å². The van der Waals surface area contributed by atoms with Gasteiger partial charge in [-0.05, 0) is 31.9 Å². The van der Waals surface area contributed by atoms with Gasteiger partial charge in [0, 0.05) is 19.8 Å². The van der Waals surface area contributed by atoms with E-state index in [1.807, 2.05) is 13.5 Å². The molecule has 5 heteroatoms. The molecule has 0 radical (unpaired) electrons. The molecule has 0 aromatic heterocycles. The van der Waals surface area contributed by atoms with Crippen LogP contribution < -0.4 is 0 Å². The normalized spacial score (nSPS) is 13.2. The Kier molecular flexibility index (Phi) is 7.34. The molecule has 0 N–H and O–H groups in total. The first-order valence-corrected chi connectivity index (χ1v) is 8.30. The van der Waals surface area contributed by atoms with Crippen LogP contribution in [0, 0.1) is 5.92 Å². The molecular weight excluding hydrogens is 236 g/mol. The van der Waals surface area contributed by atoms with Gasteiger partial charge in [-0.25, -0.2) is 4.79 Å². The van der Waals surface area contributed by atoms with Crippen LogP contribution in [0.4, 0.5) is 0 Å². The molecule has 0 bridgehead atoms. The maximum atomic E-state index is 11.2. The van der Waals surface area contributed by atoms with E-state index < -0.39 is 8.56 Å². The second-order valence-corrected chi connectivity index (χ2v) is 8.15. The van der Waals surface area contributed by atoms with Gasteiger partial charge < -0.3 is 13.6 Å². The summed E-state index contributed by atoms with van der Waals surface area (Å²) in [6, 6.07) is 0.895. The van der Waals surface area contributed by atoms with Crippen molar-refractivity contribution >= 4 is 14.5 Å². The summed E-state index contributed by atoms with van der Waals surface area (Å²) in [6.07, 6.45) is 0.924. The van der Waals surface area contributed by atoms with Gasteiger partial charge in [0.05, 0.1) is 6.61 Å². The molecule has 0 aliphatic heterocycles. The van der Waals surface area contributed by atoms with Gasteiger partial charge in [0.2, 0.25) is 0 Å². The summed E-state index contributed by atoms with van der Waals surface area (Å²) in [6.45, 7) is 9.68. The molecule has 1 atom stereocenters. The third kappa shape index (κ3) is 6.60. The summed E-state index contributed by atoms with van der Waals surface area (Å²) in [5.74, 6) is -0.0224. The maximum Gasteiger partial charge on any atom is 0.334 e. The van der Waals surface area contributed by atoms with E-state index in [1.165, 1.54) is 0 Å². The van der Waals surface area contributed by atoms with Gasteiger partial charge in [0.1, 0.15) is 0 Å². The van der Waals surface area contributed by atoms with Gasteiger partial charge in [-0.1, -0.05) is 13.5 Å². The number of hydrogen-bond acceptors (Lipinski definition) is 4. The number of ether oxygens (including phenoxy) is 1. The topological polar surface area (TPSA) is 44.8 Å². The minimum atomic E-state index is -2.00. The van der Waals surface area contributed by atoms with Crippen LogP contribution in [0.5, 0.6) is 0 Å². The highest BCUT2D eigenvalue weighted by Crippen LogP contribution is 2.18. The number of esters is 1. The predicted octanol–water partition coefficient (Wildman–Crippen LogP) is 2.50. The third-order valence-corrected chi connectivity index (χ3v) is 5.73. The summed E-state index contributed by atoms with van der Waals surface area (Å²) in [7, 11) is 1.37. The van der Waals surface area contributed by atoms with Gasteiger partial charge in [0.25, 0.3) is 0 Å². The Morgan fingerprint density at radius 3 is 2.29 bits per heavy atom. The molecule has 0 aliphatic rings. The summed E-state index contributed by atoms with van der Waals surface area (Å²) in [5, 5.41) is 0. The fourth-order valence-electron chi connectivity index (χ4n) is 1.22. The summed E-state index contributed by atoms with van der Waals surface area (Å²) in [4.78, 5) is 11.2. The predicted molar refractivity (Wildman–Crippen MR) is 70.0 cm³/mol. The van der Waals surface area contributed by atoms with Crippen molar-refractivity contribution in [3.8, 4) is 0 Å². The lowest BCUT2D eigenvalue weighted by atomic mass is 10.1. The molecule has 0 saturated carbocycles. The molecular formula is C12H24O4Si. The molecule has 1 unspecified atom stereocenters. The van der Waals surface area contributed by atoms with Crippen molar-refractivity contribution in [3.05, 3.63) is 12.2 Å². The molecule has 0 aliphatic carbocycles. The summed E-state index contributed by atoms with van der Waals surface area (Å²) < 4.78 is 15.9. The van der Waals surface area contributed by atoms with E-state index in [-0.39, 0.29) is 5.97 Å². The molecule has 0 saturated heterocycles. The fraction of sp³-hybridized carbons (Fsp3) is 0.750. The van der Waals surface area contributed by atoms with E-state index in [1.54, 1.807) is 21.1 Å². The maximum absolute atomic E-state index is 11.2. The Morgan fingerprint density at radius 1 is 1.35 bits per heavy atom. The van der Waals surface area contributed by atoms with Gasteiger partial charge in [0.15, 0.2) is 0 Å². The minimum Gasteiger partial charge on any atom is -0.462 e. The van der Waals surface area contributed by atoms with Crippen molar-refractivity contribution in [1.82, 2.24) is 0 Å². The minimum absolute atomic E-state index is 0.301. The Labute approximate surface area is 105 Å². The first kappa shape index (κ1) is 16.3. The van der Waals surface area contributed by atoms with Crippen LogP contribution in [-0.4, -0.2) is 35.4 Å². The standard InChI is InChI=1S/C12H24O4Si/c1-10(2)12(13)16-9-11(3)7-8-17(6,14-4)15-5/h11H,1,7-9H2,2-6H3. The Hall–Kier alpha value is -0.653. The lowest BCUT2D eigenvalue weighted by molar-refractivity contribution is -0.140. The highest BCUT2D eigenvalue weighted by molar-refractivity contribution is 6.65. The molecule has 0 aromatic rings. The Bertz CT molecular complexity index is 261. The highest BCUT2D eigenvalue weighted by Gasteiger charge is 2.28. The SMILES string of the molecule is C=C(C)C(=O)OCC(C)CC[Si](C)(OC)OC. The van der Waals surface area contributed by atoms with Gasteiger partial charge in [-0.15, -0.1) is 0 Å². The number of hydrogen-bond donors (Lipinski definition) is 0. The smallest absolute Gasteiger partial charge is 0.334 e. The van der Waals surface area contributed by atoms with E-state index >= 15 is 0 Å². The van der Waals surface area contributed by atoms with Crippen molar-refractivity contribution in [2.75, 3.05) is 20.8 Å². The monoisotopic (exact) mass is 260 g/mol. The zero-order valence-electron chi connectivity index (χ0n) is 11.5. The van der Waals surface area contributed by atoms with Crippen LogP contribution in [-0.2, 0) is 18.4 Å². The van der Waals surface area contributed by atoms with Crippen LogP contribution in [0.1, 0.15) is 20.3 Å². The summed E-state index contributed by atoms with van der Waals surface area (Å²) >= 11 is 0. The molecule has 4 nitrogen and oxygen atoms in total. The Balaban J connectivity index is 3.91. The Morgan fingerprint density at radius 2 is 1.88 bits per heavy atom. The van der Waals surface area contributed by atoms with Gasteiger partial charge >= 0.3 is 14.5 Å². The highest BCUT2D eigenvalue weighted by atomic mass is 28.4. The first-order chi connectivity index (χ1) is 7.84. The van der Waals surface area contributed by atoms with Gasteiger partial charge in [-0.3, -0.25) is 0 Å². The molecule has 0 spiro atoms. The quantitative estimate of drug-likeness (QED) is 0.382. The van der Waals surface area contributed by atoms with E-state index in [2.05, 4.69) is 6.58 Å². The van der Waals surface area contributed by atoms with E-state index in [0.717, 1.165) is 12.5 Å². The van der Waals surface area contributed by atoms with E-state index in [9.17, 15) is 4.79 Å². The summed E-state index contributed by atoms with van der Waals surface area (Å²) in [5.41, 5.74) is 0.435. The number of rotatable bonds is 8. The second-order valence-electron chi connectivity index (χ2n) is 4.56. The van der Waals surface area contributed by atoms with E-state index in [4.69, 9.17) is 13.6 Å². The van der Waals surface area contributed by atoms with Crippen molar-refractivity contribution in [3.63, 3.8) is 0 Å². The second kappa shape index (κ2) is 7.63. The number of carbonyl (C=O) groups excluding carboxylic acids is 1. The van der Waals surface area contributed by atoms with Crippen molar-refractivity contribution in [2.24, 2.45) is 5.92 Å². The average Bonchev–Trinajstić information content (AvgIpc) is 2.32. The van der Waals surface area contributed by atoms with Crippen molar-refractivity contribution < 1.29 is 18.4 Å². The lowest BCUT2D eigenvalue weighted by Crippen LogP contribution is -2.36. The van der Waals surface area contributed by atoms with Crippen molar-refractivity contribution in [2.45, 2.75) is 32.9 Å². The van der Waals surface area contributed by atoms with Crippen LogP contribution in [0.15, 0.2) is 12.2 Å².